The van der Waals surface area contributed by atoms with Crippen LogP contribution in [0.5, 0.6) is 0 Å². The summed E-state index contributed by atoms with van der Waals surface area (Å²) < 4.78 is 0. The van der Waals surface area contributed by atoms with Crippen LogP contribution in [-0.2, 0) is 10.5 Å². The van der Waals surface area contributed by atoms with Crippen LogP contribution in [0.15, 0.2) is 78.9 Å². The molecule has 2 aliphatic heterocycles. The molecule has 0 aromatic heterocycles. The molecule has 0 unspecified atom stereocenters. The summed E-state index contributed by atoms with van der Waals surface area (Å²) in [4.78, 5) is 31.1. The molecule has 156 valence electrons. The van der Waals surface area contributed by atoms with Crippen LogP contribution in [0.2, 0.25) is 0 Å². The lowest BCUT2D eigenvalue weighted by Crippen LogP contribution is -2.62. The van der Waals surface area contributed by atoms with Crippen molar-refractivity contribution in [3.63, 3.8) is 0 Å². The van der Waals surface area contributed by atoms with Gasteiger partial charge in [-0.15, -0.1) is 0 Å². The maximum atomic E-state index is 13.8. The minimum atomic E-state index is -1.30. The molecule has 5 rings (SSSR count). The van der Waals surface area contributed by atoms with E-state index in [4.69, 9.17) is 0 Å². The largest absolute Gasteiger partial charge is 0.350 e. The van der Waals surface area contributed by atoms with Crippen LogP contribution in [-0.4, -0.2) is 42.3 Å². The lowest BCUT2D eigenvalue weighted by molar-refractivity contribution is -0.125. The maximum absolute atomic E-state index is 13.8. The van der Waals surface area contributed by atoms with Crippen LogP contribution in [0.4, 0.5) is 11.4 Å². The molecule has 2 amide bonds. The molecule has 2 atom stereocenters. The number of amides is 2. The first-order valence-electron chi connectivity index (χ1n) is 10.3. The van der Waals surface area contributed by atoms with Gasteiger partial charge in [-0.1, -0.05) is 60.7 Å². The Morgan fingerprint density at radius 2 is 1.52 bits per heavy atom. The van der Waals surface area contributed by atoms with E-state index in [9.17, 15) is 9.59 Å². The zero-order chi connectivity index (χ0) is 21.6. The normalized spacial score (nSPS) is 20.3. The van der Waals surface area contributed by atoms with E-state index < -0.39 is 5.66 Å². The number of benzene rings is 3. The van der Waals surface area contributed by atoms with Crippen molar-refractivity contribution >= 4 is 23.2 Å². The number of carbonyl (C=O) groups is 2. The Hall–Kier alpha value is -3.64. The SMILES string of the molecule is CN(C)[C@H](CN1C(=O)c2ccccc2N[C@]12C(=O)Nc1ccccc12)c1ccccc1. The molecule has 3 aromatic carbocycles. The van der Waals surface area contributed by atoms with Gasteiger partial charge in [-0.2, -0.15) is 0 Å². The maximum Gasteiger partial charge on any atom is 0.276 e. The van der Waals surface area contributed by atoms with Crippen LogP contribution in [0.25, 0.3) is 0 Å². The van der Waals surface area contributed by atoms with E-state index in [1.807, 2.05) is 74.8 Å². The molecule has 0 bridgehead atoms. The number of anilines is 2. The Morgan fingerprint density at radius 1 is 0.871 bits per heavy atom. The van der Waals surface area contributed by atoms with Crippen LogP contribution in [0.1, 0.15) is 27.5 Å². The number of para-hydroxylation sites is 2. The number of fused-ring (bicyclic) bond motifs is 3. The van der Waals surface area contributed by atoms with Gasteiger partial charge in [0.25, 0.3) is 11.8 Å². The lowest BCUT2D eigenvalue weighted by Gasteiger charge is -2.46. The fourth-order valence-corrected chi connectivity index (χ4v) is 4.61. The Labute approximate surface area is 181 Å². The summed E-state index contributed by atoms with van der Waals surface area (Å²) in [5.41, 5.74) is 2.49. The van der Waals surface area contributed by atoms with E-state index in [1.165, 1.54) is 0 Å². The molecule has 31 heavy (non-hydrogen) atoms. The molecule has 3 aromatic rings. The van der Waals surface area contributed by atoms with Crippen molar-refractivity contribution in [1.29, 1.82) is 0 Å². The number of hydrogen-bond donors (Lipinski definition) is 2. The molecule has 0 saturated heterocycles. The number of nitrogens with zero attached hydrogens (tertiary/aromatic N) is 2. The van der Waals surface area contributed by atoms with Gasteiger partial charge in [0.05, 0.1) is 11.6 Å². The first kappa shape index (κ1) is 19.3. The first-order valence-corrected chi connectivity index (χ1v) is 10.3. The Bertz CT molecular complexity index is 1160. The highest BCUT2D eigenvalue weighted by Gasteiger charge is 2.56. The van der Waals surface area contributed by atoms with Gasteiger partial charge in [0.1, 0.15) is 0 Å². The summed E-state index contributed by atoms with van der Waals surface area (Å²) >= 11 is 0. The van der Waals surface area contributed by atoms with Crippen LogP contribution in [0, 0.1) is 0 Å². The fourth-order valence-electron chi connectivity index (χ4n) is 4.61. The van der Waals surface area contributed by atoms with Crippen molar-refractivity contribution in [3.8, 4) is 0 Å². The van der Waals surface area contributed by atoms with Crippen LogP contribution < -0.4 is 10.6 Å². The second-order valence-electron chi connectivity index (χ2n) is 8.19. The van der Waals surface area contributed by atoms with Crippen molar-refractivity contribution in [2.24, 2.45) is 0 Å². The molecule has 1 spiro atoms. The highest BCUT2D eigenvalue weighted by molar-refractivity contribution is 6.14. The van der Waals surface area contributed by atoms with Crippen molar-refractivity contribution in [3.05, 3.63) is 95.6 Å². The van der Waals surface area contributed by atoms with Gasteiger partial charge in [-0.25, -0.2) is 0 Å². The van der Waals surface area contributed by atoms with Gasteiger partial charge < -0.3 is 20.4 Å². The molecular formula is C25H24N4O2. The zero-order valence-electron chi connectivity index (χ0n) is 17.5. The van der Waals surface area contributed by atoms with Gasteiger partial charge in [0.2, 0.25) is 5.66 Å². The zero-order valence-corrected chi connectivity index (χ0v) is 17.5. The minimum absolute atomic E-state index is 0.0883. The predicted octanol–water partition coefficient (Wildman–Crippen LogP) is 3.66. The molecule has 0 saturated carbocycles. The van der Waals surface area contributed by atoms with E-state index >= 15 is 0 Å². The van der Waals surface area contributed by atoms with Gasteiger partial charge in [0, 0.05) is 23.5 Å². The van der Waals surface area contributed by atoms with E-state index in [2.05, 4.69) is 27.7 Å². The summed E-state index contributed by atoms with van der Waals surface area (Å²) in [7, 11) is 3.98. The monoisotopic (exact) mass is 412 g/mol. The predicted molar refractivity (Wildman–Crippen MR) is 121 cm³/mol. The summed E-state index contributed by atoms with van der Waals surface area (Å²) in [5, 5.41) is 6.40. The second kappa shape index (κ2) is 7.25. The molecule has 6 heteroatoms. The van der Waals surface area contributed by atoms with E-state index in [0.29, 0.717) is 17.8 Å². The molecule has 0 radical (unpaired) electrons. The highest BCUT2D eigenvalue weighted by Crippen LogP contribution is 2.46. The van der Waals surface area contributed by atoms with Gasteiger partial charge in [-0.3, -0.25) is 9.59 Å². The number of rotatable bonds is 4. The molecule has 0 fully saturated rings. The topological polar surface area (TPSA) is 64.7 Å². The molecule has 0 aliphatic carbocycles. The third-order valence-electron chi connectivity index (χ3n) is 6.18. The standard InChI is InChI=1S/C25H24N4O2/c1-28(2)22(17-10-4-3-5-11-17)16-29-23(30)18-12-6-8-14-20(18)27-25(29)19-13-7-9-15-21(19)26-24(25)31/h3-15,22,27H,16H2,1-2H3,(H,26,31)/t22-,25+/m1/s1. The van der Waals surface area contributed by atoms with Gasteiger partial charge in [0.15, 0.2) is 0 Å². The fraction of sp³-hybridized carbons (Fsp3) is 0.200. The third kappa shape index (κ3) is 2.91. The third-order valence-corrected chi connectivity index (χ3v) is 6.18. The summed E-state index contributed by atoms with van der Waals surface area (Å²) in [6.07, 6.45) is 0. The van der Waals surface area contributed by atoms with Crippen molar-refractivity contribution < 1.29 is 9.59 Å². The number of likely N-dealkylation sites (N-methyl/N-ethyl adjacent to an activating group) is 1. The molecule has 2 N–H and O–H groups in total. The van der Waals surface area contributed by atoms with E-state index in [0.717, 1.165) is 16.8 Å². The first-order chi connectivity index (χ1) is 15.0. The van der Waals surface area contributed by atoms with E-state index in [1.54, 1.807) is 11.0 Å². The summed E-state index contributed by atoms with van der Waals surface area (Å²) in [5.74, 6) is -0.411. The van der Waals surface area contributed by atoms with Crippen molar-refractivity contribution in [1.82, 2.24) is 9.80 Å². The molecule has 2 aliphatic rings. The van der Waals surface area contributed by atoms with Gasteiger partial charge >= 0.3 is 0 Å². The number of carbonyl (C=O) groups excluding carboxylic acids is 2. The second-order valence-corrected chi connectivity index (χ2v) is 8.19. The average Bonchev–Trinajstić information content (AvgIpc) is 3.06. The average molecular weight is 412 g/mol. The Morgan fingerprint density at radius 3 is 2.26 bits per heavy atom. The summed E-state index contributed by atoms with van der Waals surface area (Å²) in [6.45, 7) is 0.346. The Balaban J connectivity index is 1.68. The lowest BCUT2D eigenvalue weighted by atomic mass is 9.91. The summed E-state index contributed by atoms with van der Waals surface area (Å²) in [6, 6.07) is 24.9. The van der Waals surface area contributed by atoms with Crippen LogP contribution in [0.3, 0.4) is 0 Å². The van der Waals surface area contributed by atoms with Crippen molar-refractivity contribution in [2.45, 2.75) is 11.7 Å². The highest BCUT2D eigenvalue weighted by atomic mass is 16.2. The molecule has 2 heterocycles. The Kier molecular flexibility index (Phi) is 4.52. The number of nitrogens with one attached hydrogen (secondary N) is 2. The molecular weight excluding hydrogens is 388 g/mol. The molecule has 6 nitrogen and oxygen atoms in total. The quantitative estimate of drug-likeness (QED) is 0.686. The van der Waals surface area contributed by atoms with Crippen molar-refractivity contribution in [2.75, 3.05) is 31.3 Å². The van der Waals surface area contributed by atoms with E-state index in [-0.39, 0.29) is 17.9 Å². The van der Waals surface area contributed by atoms with Crippen LogP contribution >= 0.6 is 0 Å². The number of hydrogen-bond acceptors (Lipinski definition) is 4. The van der Waals surface area contributed by atoms with Gasteiger partial charge in [-0.05, 0) is 37.9 Å². The smallest absolute Gasteiger partial charge is 0.276 e. The minimum Gasteiger partial charge on any atom is -0.350 e.